The van der Waals surface area contributed by atoms with E-state index in [-0.39, 0.29) is 5.28 Å². The summed E-state index contributed by atoms with van der Waals surface area (Å²) in [5, 5.41) is 4.38. The Kier molecular flexibility index (Phi) is 3.00. The Morgan fingerprint density at radius 3 is 3.05 bits per heavy atom. The summed E-state index contributed by atoms with van der Waals surface area (Å²) in [6.07, 6.45) is 5.10. The average Bonchev–Trinajstić information content (AvgIpc) is 2.79. The van der Waals surface area contributed by atoms with Crippen molar-refractivity contribution in [3.63, 3.8) is 0 Å². The van der Waals surface area contributed by atoms with E-state index in [4.69, 9.17) is 11.6 Å². The van der Waals surface area contributed by atoms with E-state index >= 15 is 0 Å². The molecule has 6 nitrogen and oxygen atoms in total. The van der Waals surface area contributed by atoms with Gasteiger partial charge in [-0.15, -0.1) is 0 Å². The molecule has 0 saturated heterocycles. The van der Waals surface area contributed by atoms with Crippen molar-refractivity contribution in [2.75, 3.05) is 5.32 Å². The van der Waals surface area contributed by atoms with Crippen LogP contribution >= 0.6 is 11.6 Å². The van der Waals surface area contributed by atoms with Crippen LogP contribution in [0.25, 0.3) is 11.0 Å². The van der Waals surface area contributed by atoms with Crippen LogP contribution in [0.5, 0.6) is 0 Å². The molecular formula is C12H11ClN6. The third-order valence-electron chi connectivity index (χ3n) is 2.78. The molecular weight excluding hydrogens is 264 g/mol. The molecule has 7 heteroatoms. The van der Waals surface area contributed by atoms with E-state index in [2.05, 4.69) is 30.2 Å². The molecule has 0 aliphatic rings. The van der Waals surface area contributed by atoms with Crippen LogP contribution in [0, 0.1) is 6.92 Å². The van der Waals surface area contributed by atoms with Gasteiger partial charge in [-0.05, 0) is 30.2 Å². The summed E-state index contributed by atoms with van der Waals surface area (Å²) in [4.78, 5) is 19.5. The molecule has 0 aromatic carbocycles. The van der Waals surface area contributed by atoms with Crippen LogP contribution in [-0.2, 0) is 6.54 Å². The Labute approximate surface area is 114 Å². The lowest BCUT2D eigenvalue weighted by atomic mass is 10.2. The van der Waals surface area contributed by atoms with Gasteiger partial charge in [-0.1, -0.05) is 0 Å². The minimum Gasteiger partial charge on any atom is -0.364 e. The van der Waals surface area contributed by atoms with Crippen molar-refractivity contribution in [1.82, 2.24) is 24.9 Å². The Morgan fingerprint density at radius 1 is 1.37 bits per heavy atom. The van der Waals surface area contributed by atoms with Crippen molar-refractivity contribution in [3.05, 3.63) is 41.3 Å². The highest BCUT2D eigenvalue weighted by molar-refractivity contribution is 6.28. The molecule has 3 aromatic heterocycles. The highest BCUT2D eigenvalue weighted by atomic mass is 35.5. The van der Waals surface area contributed by atoms with E-state index in [1.807, 2.05) is 19.2 Å². The van der Waals surface area contributed by atoms with Crippen molar-refractivity contribution in [2.24, 2.45) is 0 Å². The maximum absolute atomic E-state index is 5.91. The second kappa shape index (κ2) is 4.81. The molecule has 0 atom stereocenters. The van der Waals surface area contributed by atoms with Gasteiger partial charge in [-0.3, -0.25) is 0 Å². The molecule has 0 spiro atoms. The smallest absolute Gasteiger partial charge is 0.226 e. The Balaban J connectivity index is 1.94. The van der Waals surface area contributed by atoms with Crippen molar-refractivity contribution >= 4 is 28.5 Å². The minimum absolute atomic E-state index is 0.208. The van der Waals surface area contributed by atoms with Gasteiger partial charge in [-0.2, -0.15) is 4.98 Å². The van der Waals surface area contributed by atoms with Crippen LogP contribution < -0.4 is 5.32 Å². The zero-order chi connectivity index (χ0) is 13.2. The van der Waals surface area contributed by atoms with Crippen molar-refractivity contribution < 1.29 is 0 Å². The van der Waals surface area contributed by atoms with E-state index in [9.17, 15) is 0 Å². The van der Waals surface area contributed by atoms with Crippen LogP contribution in [0.3, 0.4) is 0 Å². The van der Waals surface area contributed by atoms with E-state index in [0.717, 1.165) is 22.3 Å². The summed E-state index contributed by atoms with van der Waals surface area (Å²) in [6.45, 7) is 2.54. The zero-order valence-electron chi connectivity index (χ0n) is 10.2. The number of nitrogens with zero attached hydrogens (tertiary/aromatic N) is 4. The lowest BCUT2D eigenvalue weighted by molar-refractivity contribution is 0.996. The summed E-state index contributed by atoms with van der Waals surface area (Å²) < 4.78 is 0. The summed E-state index contributed by atoms with van der Waals surface area (Å²) in [5.74, 6) is 0.701. The van der Waals surface area contributed by atoms with Gasteiger partial charge in [0.25, 0.3) is 0 Å². The molecule has 3 aromatic rings. The number of aromatic amines is 1. The van der Waals surface area contributed by atoms with Gasteiger partial charge in [0, 0.05) is 12.4 Å². The first-order chi connectivity index (χ1) is 9.24. The molecule has 2 N–H and O–H groups in total. The topological polar surface area (TPSA) is 79.4 Å². The van der Waals surface area contributed by atoms with Crippen LogP contribution in [0.1, 0.15) is 11.3 Å². The maximum atomic E-state index is 5.91. The molecule has 0 saturated carbocycles. The molecule has 0 unspecified atom stereocenters. The van der Waals surface area contributed by atoms with E-state index in [1.165, 1.54) is 6.33 Å². The normalized spacial score (nSPS) is 10.8. The predicted octanol–water partition coefficient (Wildman–Crippen LogP) is 2.32. The number of aryl methyl sites for hydroxylation is 1. The second-order valence-corrected chi connectivity index (χ2v) is 4.43. The van der Waals surface area contributed by atoms with E-state index in [1.54, 1.807) is 6.20 Å². The molecule has 96 valence electrons. The molecule has 0 amide bonds. The van der Waals surface area contributed by atoms with Gasteiger partial charge in [0.1, 0.15) is 17.8 Å². The zero-order valence-corrected chi connectivity index (χ0v) is 10.9. The van der Waals surface area contributed by atoms with Gasteiger partial charge in [-0.25, -0.2) is 15.0 Å². The summed E-state index contributed by atoms with van der Waals surface area (Å²) in [6, 6.07) is 1.84. The van der Waals surface area contributed by atoms with Gasteiger partial charge in [0.2, 0.25) is 5.28 Å². The Hall–Kier alpha value is -2.21. The number of nitrogens with one attached hydrogen (secondary N) is 2. The van der Waals surface area contributed by atoms with Gasteiger partial charge in [0.15, 0.2) is 0 Å². The number of aromatic nitrogens is 5. The fraction of sp³-hybridized carbons (Fsp3) is 0.167. The van der Waals surface area contributed by atoms with Crippen molar-refractivity contribution in [1.29, 1.82) is 0 Å². The molecule has 3 rings (SSSR count). The third kappa shape index (κ3) is 2.34. The first kappa shape index (κ1) is 11.9. The van der Waals surface area contributed by atoms with Crippen LogP contribution in [0.15, 0.2) is 24.8 Å². The SMILES string of the molecule is Cc1c[nH]c2nc(Cl)nc(NCc3ccncn3)c12. The first-order valence-corrected chi connectivity index (χ1v) is 6.12. The number of halogens is 1. The number of hydrogen-bond acceptors (Lipinski definition) is 5. The van der Waals surface area contributed by atoms with E-state index < -0.39 is 0 Å². The summed E-state index contributed by atoms with van der Waals surface area (Å²) in [5.41, 5.74) is 2.67. The fourth-order valence-electron chi connectivity index (χ4n) is 1.89. The number of rotatable bonds is 3. The summed E-state index contributed by atoms with van der Waals surface area (Å²) in [7, 11) is 0. The van der Waals surface area contributed by atoms with E-state index in [0.29, 0.717) is 12.4 Å². The fourth-order valence-corrected chi connectivity index (χ4v) is 2.05. The van der Waals surface area contributed by atoms with Crippen molar-refractivity contribution in [3.8, 4) is 0 Å². The van der Waals surface area contributed by atoms with Gasteiger partial charge < -0.3 is 10.3 Å². The molecule has 0 radical (unpaired) electrons. The monoisotopic (exact) mass is 274 g/mol. The van der Waals surface area contributed by atoms with Crippen molar-refractivity contribution in [2.45, 2.75) is 13.5 Å². The quantitative estimate of drug-likeness (QED) is 0.717. The van der Waals surface area contributed by atoms with Gasteiger partial charge in [0.05, 0.1) is 17.6 Å². The lowest BCUT2D eigenvalue weighted by Crippen LogP contribution is -2.04. The Morgan fingerprint density at radius 2 is 2.26 bits per heavy atom. The number of hydrogen-bond donors (Lipinski definition) is 2. The van der Waals surface area contributed by atoms with Crippen LogP contribution in [0.2, 0.25) is 5.28 Å². The molecule has 0 aliphatic heterocycles. The molecule has 19 heavy (non-hydrogen) atoms. The van der Waals surface area contributed by atoms with Gasteiger partial charge >= 0.3 is 0 Å². The second-order valence-electron chi connectivity index (χ2n) is 4.09. The predicted molar refractivity (Wildman–Crippen MR) is 73.0 cm³/mol. The molecule has 0 aliphatic carbocycles. The highest BCUT2D eigenvalue weighted by Gasteiger charge is 2.10. The standard InChI is InChI=1S/C12H11ClN6/c1-7-4-15-10-9(7)11(19-12(13)18-10)16-5-8-2-3-14-6-17-8/h2-4,6H,5H2,1H3,(H2,15,16,18,19). The van der Waals surface area contributed by atoms with Crippen LogP contribution in [0.4, 0.5) is 5.82 Å². The Bertz CT molecular complexity index is 709. The molecule has 0 fully saturated rings. The number of fused-ring (bicyclic) bond motifs is 1. The molecule has 0 bridgehead atoms. The third-order valence-corrected chi connectivity index (χ3v) is 2.95. The summed E-state index contributed by atoms with van der Waals surface area (Å²) >= 11 is 5.91. The largest absolute Gasteiger partial charge is 0.364 e. The lowest BCUT2D eigenvalue weighted by Gasteiger charge is -2.07. The number of anilines is 1. The average molecular weight is 275 g/mol. The molecule has 3 heterocycles. The highest BCUT2D eigenvalue weighted by Crippen LogP contribution is 2.25. The van der Waals surface area contributed by atoms with Crippen LogP contribution in [-0.4, -0.2) is 24.9 Å². The minimum atomic E-state index is 0.208. The first-order valence-electron chi connectivity index (χ1n) is 5.74. The number of H-pyrrole nitrogens is 1. The maximum Gasteiger partial charge on any atom is 0.226 e.